The molecule has 17 heavy (non-hydrogen) atoms. The van der Waals surface area contributed by atoms with Gasteiger partial charge in [-0.3, -0.25) is 0 Å². The quantitative estimate of drug-likeness (QED) is 0.598. The third-order valence-corrected chi connectivity index (χ3v) is 2.18. The molecule has 0 aromatic heterocycles. The predicted molar refractivity (Wildman–Crippen MR) is 56.6 cm³/mol. The number of unbranched alkanes of at least 4 members (excludes halogenated alkanes) is 1. The summed E-state index contributed by atoms with van der Waals surface area (Å²) < 4.78 is 41.6. The fourth-order valence-electron chi connectivity index (χ4n) is 1.19. The van der Waals surface area contributed by atoms with Gasteiger partial charge >= 0.3 is 12.1 Å². The molecule has 0 aliphatic heterocycles. The van der Waals surface area contributed by atoms with Crippen LogP contribution in [0.2, 0.25) is 0 Å². The molecule has 0 saturated heterocycles. The van der Waals surface area contributed by atoms with Gasteiger partial charge in [-0.25, -0.2) is 4.79 Å². The molecule has 94 valence electrons. The van der Waals surface area contributed by atoms with Gasteiger partial charge in [-0.1, -0.05) is 13.3 Å². The van der Waals surface area contributed by atoms with Gasteiger partial charge < -0.3 is 4.74 Å². The van der Waals surface area contributed by atoms with E-state index in [1.54, 1.807) is 0 Å². The summed E-state index contributed by atoms with van der Waals surface area (Å²) in [6, 6.07) is 3.99. The number of carbonyl (C=O) groups excluding carboxylic acids is 1. The van der Waals surface area contributed by atoms with Gasteiger partial charge in [0.15, 0.2) is 0 Å². The van der Waals surface area contributed by atoms with Gasteiger partial charge in [0.2, 0.25) is 0 Å². The van der Waals surface area contributed by atoms with E-state index >= 15 is 0 Å². The minimum Gasteiger partial charge on any atom is -0.462 e. The maximum Gasteiger partial charge on any atom is 0.416 e. The van der Waals surface area contributed by atoms with E-state index in [0.29, 0.717) is 0 Å². The summed E-state index contributed by atoms with van der Waals surface area (Å²) in [5.41, 5.74) is -0.642. The van der Waals surface area contributed by atoms with Crippen molar-refractivity contribution < 1.29 is 22.7 Å². The minimum atomic E-state index is -4.38. The molecule has 0 N–H and O–H groups in total. The van der Waals surface area contributed by atoms with E-state index in [9.17, 15) is 18.0 Å². The zero-order valence-electron chi connectivity index (χ0n) is 9.38. The molecule has 0 bridgehead atoms. The Labute approximate surface area is 97.4 Å². The Morgan fingerprint density at radius 3 is 2.29 bits per heavy atom. The SMILES string of the molecule is CCCCOC(=O)c1ccc(C(F)(F)F)cc1. The maximum atomic E-state index is 12.3. The first-order valence-corrected chi connectivity index (χ1v) is 5.29. The van der Waals surface area contributed by atoms with E-state index in [2.05, 4.69) is 0 Å². The van der Waals surface area contributed by atoms with Crippen LogP contribution in [0.3, 0.4) is 0 Å². The summed E-state index contributed by atoms with van der Waals surface area (Å²) in [6.07, 6.45) is -2.75. The van der Waals surface area contributed by atoms with Gasteiger partial charge in [0.1, 0.15) is 0 Å². The fraction of sp³-hybridized carbons (Fsp3) is 0.417. The number of benzene rings is 1. The Kier molecular flexibility index (Phi) is 4.54. The molecular formula is C12H13F3O2. The van der Waals surface area contributed by atoms with Crippen molar-refractivity contribution in [2.45, 2.75) is 25.9 Å². The van der Waals surface area contributed by atoms with E-state index in [4.69, 9.17) is 4.74 Å². The Morgan fingerprint density at radius 2 is 1.82 bits per heavy atom. The fourth-order valence-corrected chi connectivity index (χ4v) is 1.19. The first-order chi connectivity index (χ1) is 7.95. The third-order valence-electron chi connectivity index (χ3n) is 2.18. The van der Waals surface area contributed by atoms with E-state index in [-0.39, 0.29) is 12.2 Å². The summed E-state index contributed by atoms with van der Waals surface area (Å²) >= 11 is 0. The molecule has 2 nitrogen and oxygen atoms in total. The van der Waals surface area contributed by atoms with Gasteiger partial charge in [0.05, 0.1) is 17.7 Å². The minimum absolute atomic E-state index is 0.133. The summed E-state index contributed by atoms with van der Waals surface area (Å²) in [7, 11) is 0. The average Bonchev–Trinajstić information content (AvgIpc) is 2.28. The smallest absolute Gasteiger partial charge is 0.416 e. The summed E-state index contributed by atoms with van der Waals surface area (Å²) in [5, 5.41) is 0. The average molecular weight is 246 g/mol. The first kappa shape index (κ1) is 13.5. The highest BCUT2D eigenvalue weighted by atomic mass is 19.4. The Hall–Kier alpha value is -1.52. The van der Waals surface area contributed by atoms with Crippen LogP contribution in [0.4, 0.5) is 13.2 Å². The van der Waals surface area contributed by atoms with Crippen LogP contribution in [0.5, 0.6) is 0 Å². The zero-order valence-corrected chi connectivity index (χ0v) is 9.38. The molecule has 0 aliphatic carbocycles. The summed E-state index contributed by atoms with van der Waals surface area (Å²) in [4.78, 5) is 11.4. The van der Waals surface area contributed by atoms with E-state index < -0.39 is 17.7 Å². The monoisotopic (exact) mass is 246 g/mol. The van der Waals surface area contributed by atoms with Gasteiger partial charge in [0, 0.05) is 0 Å². The molecule has 1 aromatic carbocycles. The van der Waals surface area contributed by atoms with Gasteiger partial charge in [0.25, 0.3) is 0 Å². The molecule has 0 amide bonds. The lowest BCUT2D eigenvalue weighted by Gasteiger charge is -2.07. The third kappa shape index (κ3) is 4.09. The van der Waals surface area contributed by atoms with Crippen LogP contribution < -0.4 is 0 Å². The number of halogens is 3. The van der Waals surface area contributed by atoms with E-state index in [1.165, 1.54) is 0 Å². The molecule has 1 rings (SSSR count). The molecule has 0 unspecified atom stereocenters. The molecule has 0 radical (unpaired) electrons. The number of ether oxygens (including phenoxy) is 1. The molecule has 0 saturated carbocycles. The van der Waals surface area contributed by atoms with Crippen molar-refractivity contribution >= 4 is 5.97 Å². The van der Waals surface area contributed by atoms with Crippen molar-refractivity contribution in [2.75, 3.05) is 6.61 Å². The number of rotatable bonds is 4. The van der Waals surface area contributed by atoms with Gasteiger partial charge in [-0.05, 0) is 30.7 Å². The second kappa shape index (κ2) is 5.70. The lowest BCUT2D eigenvalue weighted by Crippen LogP contribution is -2.08. The second-order valence-electron chi connectivity index (χ2n) is 3.56. The van der Waals surface area contributed by atoms with Crippen LogP contribution >= 0.6 is 0 Å². The number of carbonyl (C=O) groups is 1. The van der Waals surface area contributed by atoms with Gasteiger partial charge in [-0.15, -0.1) is 0 Å². The van der Waals surface area contributed by atoms with Crippen LogP contribution in [0.15, 0.2) is 24.3 Å². The van der Waals surface area contributed by atoms with Crippen molar-refractivity contribution in [1.82, 2.24) is 0 Å². The van der Waals surface area contributed by atoms with E-state index in [0.717, 1.165) is 37.1 Å². The Balaban J connectivity index is 2.64. The van der Waals surface area contributed by atoms with Crippen molar-refractivity contribution in [2.24, 2.45) is 0 Å². The summed E-state index contributed by atoms with van der Waals surface area (Å²) in [6.45, 7) is 2.24. The predicted octanol–water partition coefficient (Wildman–Crippen LogP) is 3.66. The topological polar surface area (TPSA) is 26.3 Å². The molecule has 0 fully saturated rings. The van der Waals surface area contributed by atoms with Crippen LogP contribution in [-0.2, 0) is 10.9 Å². The highest BCUT2D eigenvalue weighted by Gasteiger charge is 2.30. The van der Waals surface area contributed by atoms with Crippen molar-refractivity contribution in [3.05, 3.63) is 35.4 Å². The van der Waals surface area contributed by atoms with Crippen LogP contribution in [-0.4, -0.2) is 12.6 Å². The van der Waals surface area contributed by atoms with Gasteiger partial charge in [-0.2, -0.15) is 13.2 Å². The van der Waals surface area contributed by atoms with Crippen LogP contribution in [0.1, 0.15) is 35.7 Å². The Morgan fingerprint density at radius 1 is 1.24 bits per heavy atom. The molecule has 0 heterocycles. The van der Waals surface area contributed by atoms with Crippen LogP contribution in [0, 0.1) is 0 Å². The molecule has 0 atom stereocenters. The molecule has 0 aliphatic rings. The standard InChI is InChI=1S/C12H13F3O2/c1-2-3-8-17-11(16)9-4-6-10(7-5-9)12(13,14)15/h4-7H,2-3,8H2,1H3. The number of hydrogen-bond acceptors (Lipinski definition) is 2. The summed E-state index contributed by atoms with van der Waals surface area (Å²) in [5.74, 6) is -0.591. The van der Waals surface area contributed by atoms with E-state index in [1.807, 2.05) is 6.92 Å². The van der Waals surface area contributed by atoms with Crippen molar-refractivity contribution in [3.63, 3.8) is 0 Å². The number of hydrogen-bond donors (Lipinski definition) is 0. The largest absolute Gasteiger partial charge is 0.462 e. The second-order valence-corrected chi connectivity index (χ2v) is 3.56. The molecular weight excluding hydrogens is 233 g/mol. The first-order valence-electron chi connectivity index (χ1n) is 5.29. The maximum absolute atomic E-state index is 12.3. The lowest BCUT2D eigenvalue weighted by molar-refractivity contribution is -0.137. The lowest BCUT2D eigenvalue weighted by atomic mass is 10.1. The van der Waals surface area contributed by atoms with Crippen molar-refractivity contribution in [1.29, 1.82) is 0 Å². The van der Waals surface area contributed by atoms with Crippen molar-refractivity contribution in [3.8, 4) is 0 Å². The normalized spacial score (nSPS) is 11.3. The molecule has 0 spiro atoms. The zero-order chi connectivity index (χ0) is 12.9. The number of esters is 1. The highest BCUT2D eigenvalue weighted by Crippen LogP contribution is 2.29. The number of alkyl halides is 3. The van der Waals surface area contributed by atoms with Crippen LogP contribution in [0.25, 0.3) is 0 Å². The molecule has 5 heteroatoms. The highest BCUT2D eigenvalue weighted by molar-refractivity contribution is 5.89. The Bertz CT molecular complexity index is 368. The molecule has 1 aromatic rings.